The lowest BCUT2D eigenvalue weighted by Gasteiger charge is -2.04. The smallest absolute Gasteiger partial charge is 0.178 e. The summed E-state index contributed by atoms with van der Waals surface area (Å²) in [7, 11) is 1.42. The van der Waals surface area contributed by atoms with E-state index < -0.39 is 5.82 Å². The molecule has 98 valence electrons. The Balaban J connectivity index is 2.18. The van der Waals surface area contributed by atoms with Gasteiger partial charge in [-0.1, -0.05) is 5.16 Å². The van der Waals surface area contributed by atoms with Crippen LogP contribution >= 0.6 is 12.2 Å². The third-order valence-electron chi connectivity index (χ3n) is 2.86. The second kappa shape index (κ2) is 4.51. The molecule has 0 fully saturated rings. The van der Waals surface area contributed by atoms with Crippen molar-refractivity contribution in [1.82, 2.24) is 14.7 Å². The highest BCUT2D eigenvalue weighted by Gasteiger charge is 2.11. The van der Waals surface area contributed by atoms with Gasteiger partial charge in [0.25, 0.3) is 0 Å². The highest BCUT2D eigenvalue weighted by molar-refractivity contribution is 7.71. The van der Waals surface area contributed by atoms with Crippen LogP contribution in [0.25, 0.3) is 11.0 Å². The molecule has 0 unspecified atom stereocenters. The van der Waals surface area contributed by atoms with Crippen LogP contribution in [0, 0.1) is 10.6 Å². The molecule has 3 aromatic rings. The van der Waals surface area contributed by atoms with Gasteiger partial charge in [0.1, 0.15) is 12.0 Å². The van der Waals surface area contributed by atoms with Gasteiger partial charge in [-0.2, -0.15) is 0 Å². The van der Waals surface area contributed by atoms with E-state index in [0.717, 1.165) is 11.2 Å². The summed E-state index contributed by atoms with van der Waals surface area (Å²) in [6, 6.07) is 4.72. The zero-order valence-corrected chi connectivity index (χ0v) is 10.8. The first kappa shape index (κ1) is 11.9. The molecule has 3 rings (SSSR count). The zero-order valence-electron chi connectivity index (χ0n) is 10.0. The van der Waals surface area contributed by atoms with Crippen molar-refractivity contribution in [2.24, 2.45) is 0 Å². The first-order valence-electron chi connectivity index (χ1n) is 5.54. The first-order valence-corrected chi connectivity index (χ1v) is 5.95. The average Bonchev–Trinajstić information content (AvgIpc) is 2.98. The van der Waals surface area contributed by atoms with Gasteiger partial charge in [-0.3, -0.25) is 0 Å². The number of fused-ring (bicyclic) bond motifs is 1. The van der Waals surface area contributed by atoms with Gasteiger partial charge < -0.3 is 18.8 Å². The molecule has 19 heavy (non-hydrogen) atoms. The van der Waals surface area contributed by atoms with Crippen LogP contribution in [0.4, 0.5) is 4.39 Å². The maximum absolute atomic E-state index is 13.6. The van der Waals surface area contributed by atoms with Gasteiger partial charge in [0.05, 0.1) is 24.7 Å². The van der Waals surface area contributed by atoms with Crippen LogP contribution in [0.1, 0.15) is 5.69 Å². The second-order valence-corrected chi connectivity index (χ2v) is 4.40. The molecule has 0 aliphatic carbocycles. The van der Waals surface area contributed by atoms with Crippen molar-refractivity contribution in [3.63, 3.8) is 0 Å². The lowest BCUT2D eigenvalue weighted by atomic mass is 10.2. The number of imidazole rings is 1. The fraction of sp³-hybridized carbons (Fsp3) is 0.167. The summed E-state index contributed by atoms with van der Waals surface area (Å²) in [6.07, 6.45) is 1.49. The third kappa shape index (κ3) is 2.01. The SMILES string of the molecule is COc1cc2c(cc1F)[nH]c(=S)n2Cc1ccon1. The molecule has 0 saturated heterocycles. The first-order chi connectivity index (χ1) is 9.19. The van der Waals surface area contributed by atoms with Crippen molar-refractivity contribution in [1.29, 1.82) is 0 Å². The molecule has 2 heterocycles. The highest BCUT2D eigenvalue weighted by atomic mass is 32.1. The maximum atomic E-state index is 13.6. The number of H-pyrrole nitrogens is 1. The minimum absolute atomic E-state index is 0.176. The summed E-state index contributed by atoms with van der Waals surface area (Å²) >= 11 is 5.23. The molecule has 0 saturated carbocycles. The third-order valence-corrected chi connectivity index (χ3v) is 3.18. The maximum Gasteiger partial charge on any atom is 0.178 e. The lowest BCUT2D eigenvalue weighted by Crippen LogP contribution is -2.00. The van der Waals surface area contributed by atoms with Crippen molar-refractivity contribution in [2.75, 3.05) is 7.11 Å². The van der Waals surface area contributed by atoms with Crippen molar-refractivity contribution in [3.8, 4) is 5.75 Å². The molecular weight excluding hydrogens is 269 g/mol. The van der Waals surface area contributed by atoms with Crippen molar-refractivity contribution >= 4 is 23.3 Å². The number of rotatable bonds is 3. The Labute approximate surface area is 112 Å². The standard InChI is InChI=1S/C12H10FN3O2S/c1-17-11-5-10-9(4-8(11)13)14-12(19)16(10)6-7-2-3-18-15-7/h2-5H,6H2,1H3,(H,14,19). The van der Waals surface area contributed by atoms with Gasteiger partial charge in [0.15, 0.2) is 16.3 Å². The molecule has 0 bridgehead atoms. The van der Waals surface area contributed by atoms with E-state index in [1.165, 1.54) is 19.4 Å². The Morgan fingerprint density at radius 3 is 3.05 bits per heavy atom. The van der Waals surface area contributed by atoms with Gasteiger partial charge in [-0.05, 0) is 12.2 Å². The number of benzene rings is 1. The fourth-order valence-electron chi connectivity index (χ4n) is 1.95. The number of ether oxygens (including phenoxy) is 1. The van der Waals surface area contributed by atoms with E-state index >= 15 is 0 Å². The number of methoxy groups -OCH3 is 1. The lowest BCUT2D eigenvalue weighted by molar-refractivity contribution is 0.387. The van der Waals surface area contributed by atoms with Crippen LogP contribution in [-0.2, 0) is 6.54 Å². The molecule has 1 aromatic carbocycles. The topological polar surface area (TPSA) is 56.0 Å². The summed E-state index contributed by atoms with van der Waals surface area (Å²) in [5, 5.41) is 3.84. The predicted octanol–water partition coefficient (Wildman–Crippen LogP) is 2.88. The van der Waals surface area contributed by atoms with Crippen molar-refractivity contribution in [3.05, 3.63) is 40.7 Å². The van der Waals surface area contributed by atoms with Crippen LogP contribution in [0.2, 0.25) is 0 Å². The van der Waals surface area contributed by atoms with Crippen LogP contribution in [0.5, 0.6) is 5.75 Å². The number of hydrogen-bond donors (Lipinski definition) is 1. The predicted molar refractivity (Wildman–Crippen MR) is 69.2 cm³/mol. The molecule has 2 aromatic heterocycles. The molecule has 7 heteroatoms. The van der Waals surface area contributed by atoms with Gasteiger partial charge >= 0.3 is 0 Å². The minimum Gasteiger partial charge on any atom is -0.494 e. The molecule has 0 spiro atoms. The van der Waals surface area contributed by atoms with Crippen molar-refractivity contribution in [2.45, 2.75) is 6.54 Å². The molecule has 0 radical (unpaired) electrons. The summed E-state index contributed by atoms with van der Waals surface area (Å²) in [6.45, 7) is 0.449. The highest BCUT2D eigenvalue weighted by Crippen LogP contribution is 2.25. The Bertz CT molecular complexity index is 776. The summed E-state index contributed by atoms with van der Waals surface area (Å²) in [4.78, 5) is 2.96. The van der Waals surface area contributed by atoms with E-state index in [-0.39, 0.29) is 5.75 Å². The largest absolute Gasteiger partial charge is 0.494 e. The van der Waals surface area contributed by atoms with Crippen molar-refractivity contribution < 1.29 is 13.7 Å². The zero-order chi connectivity index (χ0) is 13.4. The number of nitrogens with one attached hydrogen (secondary N) is 1. The fourth-order valence-corrected chi connectivity index (χ4v) is 2.23. The monoisotopic (exact) mass is 279 g/mol. The molecule has 0 amide bonds. The molecule has 1 N–H and O–H groups in total. The minimum atomic E-state index is -0.431. The van der Waals surface area contributed by atoms with Crippen LogP contribution in [0.3, 0.4) is 0 Å². The molecule has 0 atom stereocenters. The van der Waals surface area contributed by atoms with E-state index in [9.17, 15) is 4.39 Å². The molecule has 0 aliphatic heterocycles. The van der Waals surface area contributed by atoms with Crippen LogP contribution in [-0.4, -0.2) is 21.8 Å². The normalized spacial score (nSPS) is 11.1. The number of hydrogen-bond acceptors (Lipinski definition) is 4. The van der Waals surface area contributed by atoms with E-state index in [1.807, 2.05) is 4.57 Å². The Kier molecular flexibility index (Phi) is 2.83. The number of aromatic nitrogens is 3. The molecule has 0 aliphatic rings. The van der Waals surface area contributed by atoms with Crippen LogP contribution < -0.4 is 4.74 Å². The van der Waals surface area contributed by atoms with Crippen LogP contribution in [0.15, 0.2) is 29.0 Å². The van der Waals surface area contributed by atoms with E-state index in [4.69, 9.17) is 21.5 Å². The summed E-state index contributed by atoms with van der Waals surface area (Å²) < 4.78 is 25.7. The molecule has 5 nitrogen and oxygen atoms in total. The van der Waals surface area contributed by atoms with E-state index in [0.29, 0.717) is 16.8 Å². The summed E-state index contributed by atoms with van der Waals surface area (Å²) in [5.74, 6) is -0.254. The van der Waals surface area contributed by atoms with Gasteiger partial charge in [0.2, 0.25) is 0 Å². The quantitative estimate of drug-likeness (QED) is 0.749. The average molecular weight is 279 g/mol. The Morgan fingerprint density at radius 2 is 2.37 bits per heavy atom. The van der Waals surface area contributed by atoms with Gasteiger partial charge in [-0.25, -0.2) is 4.39 Å². The van der Waals surface area contributed by atoms with Gasteiger partial charge in [0, 0.05) is 18.2 Å². The van der Waals surface area contributed by atoms with Gasteiger partial charge in [-0.15, -0.1) is 0 Å². The Morgan fingerprint density at radius 1 is 1.53 bits per heavy atom. The summed E-state index contributed by atoms with van der Waals surface area (Å²) in [5.41, 5.74) is 2.11. The second-order valence-electron chi connectivity index (χ2n) is 4.01. The number of halogens is 1. The van der Waals surface area contributed by atoms with E-state index in [2.05, 4.69) is 10.1 Å². The Hall–Kier alpha value is -2.15. The number of nitrogens with zero attached hydrogens (tertiary/aromatic N) is 2. The van der Waals surface area contributed by atoms with E-state index in [1.54, 1.807) is 12.1 Å². The molecular formula is C12H10FN3O2S. The number of aromatic amines is 1.